The Morgan fingerprint density at radius 3 is 2.68 bits per heavy atom. The molecule has 0 N–H and O–H groups in total. The lowest BCUT2D eigenvalue weighted by molar-refractivity contribution is -0.00764. The molecule has 0 unspecified atom stereocenters. The summed E-state index contributed by atoms with van der Waals surface area (Å²) in [5.41, 5.74) is 0.886. The van der Waals surface area contributed by atoms with Crippen LogP contribution >= 0.6 is 11.6 Å². The molecule has 1 heterocycles. The van der Waals surface area contributed by atoms with Crippen LogP contribution in [0.15, 0.2) is 42.5 Å². The molecule has 0 spiro atoms. The molecule has 1 saturated heterocycles. The summed E-state index contributed by atoms with van der Waals surface area (Å²) in [5.74, 6) is -1.30. The zero-order valence-corrected chi connectivity index (χ0v) is 14.3. The van der Waals surface area contributed by atoms with Crippen LogP contribution in [0, 0.1) is 11.6 Å². The monoisotopic (exact) mass is 365 g/mol. The Balaban J connectivity index is 1.59. The minimum absolute atomic E-state index is 0.0553. The molecular formula is C19H18ClF2NO2. The Labute approximate surface area is 150 Å². The van der Waals surface area contributed by atoms with E-state index in [4.69, 9.17) is 16.3 Å². The second kappa shape index (κ2) is 7.93. The molecule has 3 rings (SSSR count). The van der Waals surface area contributed by atoms with E-state index >= 15 is 0 Å². The topological polar surface area (TPSA) is 29.5 Å². The Morgan fingerprint density at radius 2 is 1.96 bits per heavy atom. The van der Waals surface area contributed by atoms with Crippen LogP contribution in [-0.2, 0) is 11.3 Å². The highest BCUT2D eigenvalue weighted by Gasteiger charge is 2.25. The molecule has 1 fully saturated rings. The summed E-state index contributed by atoms with van der Waals surface area (Å²) >= 11 is 5.85. The van der Waals surface area contributed by atoms with E-state index in [2.05, 4.69) is 0 Å². The first-order chi connectivity index (χ1) is 12.0. The third-order valence-corrected chi connectivity index (χ3v) is 4.50. The van der Waals surface area contributed by atoms with Crippen LogP contribution in [0.5, 0.6) is 0 Å². The summed E-state index contributed by atoms with van der Waals surface area (Å²) in [6.45, 7) is 1.16. The van der Waals surface area contributed by atoms with Crippen LogP contribution in [0.2, 0.25) is 5.02 Å². The fourth-order valence-corrected chi connectivity index (χ4v) is 3.01. The van der Waals surface area contributed by atoms with Crippen LogP contribution in [0.4, 0.5) is 8.78 Å². The summed E-state index contributed by atoms with van der Waals surface area (Å²) in [4.78, 5) is 14.3. The van der Waals surface area contributed by atoms with Crippen molar-refractivity contribution in [1.82, 2.24) is 4.90 Å². The van der Waals surface area contributed by atoms with E-state index in [-0.39, 0.29) is 18.6 Å². The number of carbonyl (C=O) groups excluding carboxylic acids is 1. The zero-order valence-electron chi connectivity index (χ0n) is 13.6. The number of ether oxygens (including phenoxy) is 1. The zero-order chi connectivity index (χ0) is 17.8. The maximum Gasteiger partial charge on any atom is 0.253 e. The molecule has 0 saturated carbocycles. The van der Waals surface area contributed by atoms with E-state index in [0.717, 1.165) is 18.9 Å². The lowest BCUT2D eigenvalue weighted by Crippen LogP contribution is -2.43. The SMILES string of the molecule is O=C(c1ccc(Cl)cc1)N1CCC[C@H](OCc2ccc(F)cc2F)C1. The van der Waals surface area contributed by atoms with Gasteiger partial charge in [0.1, 0.15) is 11.6 Å². The molecule has 1 aliphatic heterocycles. The van der Waals surface area contributed by atoms with Gasteiger partial charge in [-0.3, -0.25) is 4.79 Å². The molecule has 25 heavy (non-hydrogen) atoms. The molecule has 3 nitrogen and oxygen atoms in total. The molecule has 0 aliphatic carbocycles. The Morgan fingerprint density at radius 1 is 1.20 bits per heavy atom. The first-order valence-corrected chi connectivity index (χ1v) is 8.51. The van der Waals surface area contributed by atoms with E-state index in [0.29, 0.717) is 29.2 Å². The highest BCUT2D eigenvalue weighted by molar-refractivity contribution is 6.30. The maximum atomic E-state index is 13.7. The Hall–Kier alpha value is -1.98. The van der Waals surface area contributed by atoms with Gasteiger partial charge in [0.15, 0.2) is 0 Å². The van der Waals surface area contributed by atoms with Gasteiger partial charge in [-0.15, -0.1) is 0 Å². The van der Waals surface area contributed by atoms with Crippen LogP contribution < -0.4 is 0 Å². The average Bonchev–Trinajstić information content (AvgIpc) is 2.61. The molecule has 2 aromatic carbocycles. The minimum atomic E-state index is -0.620. The second-order valence-corrected chi connectivity index (χ2v) is 6.51. The van der Waals surface area contributed by atoms with Gasteiger partial charge in [-0.1, -0.05) is 17.7 Å². The van der Waals surface area contributed by atoms with Gasteiger partial charge in [0.25, 0.3) is 5.91 Å². The number of hydrogen-bond donors (Lipinski definition) is 0. The largest absolute Gasteiger partial charge is 0.372 e. The standard InChI is InChI=1S/C19H18ClF2NO2/c20-15-6-3-13(4-7-15)19(24)23-9-1-2-17(11-23)25-12-14-5-8-16(21)10-18(14)22/h3-8,10,17H,1-2,9,11-12H2/t17-/m0/s1. The summed E-state index contributed by atoms with van der Waals surface area (Å²) in [6.07, 6.45) is 1.44. The number of nitrogens with zero attached hydrogens (tertiary/aromatic N) is 1. The van der Waals surface area contributed by atoms with Crippen molar-refractivity contribution < 1.29 is 18.3 Å². The Bertz CT molecular complexity index is 752. The summed E-state index contributed by atoms with van der Waals surface area (Å²) in [5, 5.41) is 0.581. The maximum absolute atomic E-state index is 13.7. The normalized spacial score (nSPS) is 17.6. The molecule has 0 bridgehead atoms. The van der Waals surface area contributed by atoms with Gasteiger partial charge in [0.2, 0.25) is 0 Å². The minimum Gasteiger partial charge on any atom is -0.372 e. The third kappa shape index (κ3) is 4.55. The van der Waals surface area contributed by atoms with Crippen LogP contribution in [0.25, 0.3) is 0 Å². The molecule has 2 aromatic rings. The second-order valence-electron chi connectivity index (χ2n) is 6.07. The number of piperidine rings is 1. The van der Waals surface area contributed by atoms with Gasteiger partial charge in [-0.05, 0) is 43.2 Å². The van der Waals surface area contributed by atoms with Crippen LogP contribution in [0.1, 0.15) is 28.8 Å². The fraction of sp³-hybridized carbons (Fsp3) is 0.316. The van der Waals surface area contributed by atoms with E-state index in [1.54, 1.807) is 29.2 Å². The first kappa shape index (κ1) is 17.8. The number of hydrogen-bond acceptors (Lipinski definition) is 2. The van der Waals surface area contributed by atoms with Crippen molar-refractivity contribution in [3.63, 3.8) is 0 Å². The smallest absolute Gasteiger partial charge is 0.253 e. The number of halogens is 3. The van der Waals surface area contributed by atoms with E-state index in [1.165, 1.54) is 12.1 Å². The van der Waals surface area contributed by atoms with Crippen molar-refractivity contribution in [2.45, 2.75) is 25.6 Å². The number of amides is 1. The fourth-order valence-electron chi connectivity index (χ4n) is 2.88. The lowest BCUT2D eigenvalue weighted by atomic mass is 10.1. The van der Waals surface area contributed by atoms with Gasteiger partial charge in [0, 0.05) is 35.3 Å². The van der Waals surface area contributed by atoms with Gasteiger partial charge in [-0.25, -0.2) is 8.78 Å². The van der Waals surface area contributed by atoms with E-state index in [9.17, 15) is 13.6 Å². The highest BCUT2D eigenvalue weighted by atomic mass is 35.5. The number of benzene rings is 2. The van der Waals surface area contributed by atoms with Gasteiger partial charge < -0.3 is 9.64 Å². The molecule has 0 radical (unpaired) electrons. The van der Waals surface area contributed by atoms with Crippen molar-refractivity contribution in [3.8, 4) is 0 Å². The number of rotatable bonds is 4. The predicted molar refractivity (Wildman–Crippen MR) is 91.5 cm³/mol. The first-order valence-electron chi connectivity index (χ1n) is 8.13. The summed E-state index contributed by atoms with van der Waals surface area (Å²) in [7, 11) is 0. The third-order valence-electron chi connectivity index (χ3n) is 4.25. The van der Waals surface area contributed by atoms with Crippen molar-refractivity contribution in [2.24, 2.45) is 0 Å². The summed E-state index contributed by atoms with van der Waals surface area (Å²) in [6, 6.07) is 10.2. The molecule has 0 aromatic heterocycles. The highest BCUT2D eigenvalue weighted by Crippen LogP contribution is 2.19. The molecule has 1 atom stereocenters. The van der Waals surface area contributed by atoms with Crippen molar-refractivity contribution in [2.75, 3.05) is 13.1 Å². The predicted octanol–water partition coefficient (Wildman–Crippen LogP) is 4.44. The molecular weight excluding hydrogens is 348 g/mol. The van der Waals surface area contributed by atoms with Gasteiger partial charge >= 0.3 is 0 Å². The van der Waals surface area contributed by atoms with E-state index < -0.39 is 11.6 Å². The number of likely N-dealkylation sites (tertiary alicyclic amines) is 1. The van der Waals surface area contributed by atoms with Crippen molar-refractivity contribution in [3.05, 3.63) is 70.2 Å². The van der Waals surface area contributed by atoms with Crippen LogP contribution in [0.3, 0.4) is 0 Å². The van der Waals surface area contributed by atoms with Gasteiger partial charge in [0.05, 0.1) is 12.7 Å². The van der Waals surface area contributed by atoms with Crippen LogP contribution in [-0.4, -0.2) is 30.0 Å². The Kier molecular flexibility index (Phi) is 5.66. The van der Waals surface area contributed by atoms with Gasteiger partial charge in [-0.2, -0.15) is 0 Å². The lowest BCUT2D eigenvalue weighted by Gasteiger charge is -2.32. The summed E-state index contributed by atoms with van der Waals surface area (Å²) < 4.78 is 32.4. The molecule has 6 heteroatoms. The molecule has 1 aliphatic rings. The molecule has 132 valence electrons. The average molecular weight is 366 g/mol. The molecule has 1 amide bonds. The number of carbonyl (C=O) groups is 1. The van der Waals surface area contributed by atoms with Crippen molar-refractivity contribution in [1.29, 1.82) is 0 Å². The quantitative estimate of drug-likeness (QED) is 0.801. The van der Waals surface area contributed by atoms with E-state index in [1.807, 2.05) is 0 Å². The van der Waals surface area contributed by atoms with Crippen molar-refractivity contribution >= 4 is 17.5 Å².